The number of carbonyl (C=O) groups excluding carboxylic acids is 1. The lowest BCUT2D eigenvalue weighted by Crippen LogP contribution is -2.30. The van der Waals surface area contributed by atoms with E-state index in [2.05, 4.69) is 6.07 Å². The van der Waals surface area contributed by atoms with E-state index in [-0.39, 0.29) is 11.8 Å². The maximum absolute atomic E-state index is 12.9. The first-order valence-electron chi connectivity index (χ1n) is 8.33. The van der Waals surface area contributed by atoms with Crippen molar-refractivity contribution in [2.24, 2.45) is 5.92 Å². The van der Waals surface area contributed by atoms with Crippen LogP contribution in [0, 0.1) is 17.2 Å². The third kappa shape index (κ3) is 3.65. The van der Waals surface area contributed by atoms with Crippen molar-refractivity contribution < 1.29 is 14.6 Å². The molecule has 0 aromatic heterocycles. The largest absolute Gasteiger partial charge is 0.455 e. The number of likely N-dealkylation sites (tertiary alicyclic amines) is 1. The summed E-state index contributed by atoms with van der Waals surface area (Å²) in [5.41, 5.74) is 0.876. The second kappa shape index (κ2) is 7.37. The molecule has 5 heteroatoms. The topological polar surface area (TPSA) is 73.6 Å². The van der Waals surface area contributed by atoms with E-state index in [0.717, 1.165) is 6.42 Å². The molecule has 1 aliphatic rings. The predicted octanol–water partition coefficient (Wildman–Crippen LogP) is 3.19. The van der Waals surface area contributed by atoms with Gasteiger partial charge in [0.15, 0.2) is 0 Å². The Bertz CT molecular complexity index is 811. The highest BCUT2D eigenvalue weighted by molar-refractivity contribution is 5.97. The summed E-state index contributed by atoms with van der Waals surface area (Å²) in [5, 5.41) is 18.9. The fraction of sp³-hybridized carbons (Fsp3) is 0.300. The molecule has 1 fully saturated rings. The minimum atomic E-state index is -0.424. The van der Waals surface area contributed by atoms with Crippen LogP contribution in [0.25, 0.3) is 0 Å². The van der Waals surface area contributed by atoms with Gasteiger partial charge in [-0.1, -0.05) is 24.3 Å². The Hall–Kier alpha value is -2.84. The van der Waals surface area contributed by atoms with Crippen molar-refractivity contribution in [3.8, 4) is 17.6 Å². The first-order chi connectivity index (χ1) is 12.1. The molecule has 25 heavy (non-hydrogen) atoms. The first kappa shape index (κ1) is 17.0. The number of hydrogen-bond donors (Lipinski definition) is 1. The predicted molar refractivity (Wildman–Crippen MR) is 93.4 cm³/mol. The van der Waals surface area contributed by atoms with Gasteiger partial charge in [0.1, 0.15) is 17.6 Å². The Balaban J connectivity index is 1.84. The van der Waals surface area contributed by atoms with Gasteiger partial charge in [0.25, 0.3) is 5.91 Å². The normalized spacial score (nSPS) is 17.8. The number of nitriles is 1. The van der Waals surface area contributed by atoms with Crippen LogP contribution in [0.15, 0.2) is 48.5 Å². The molecular formula is C20H20N2O3. The Kier molecular flexibility index (Phi) is 5.01. The molecule has 0 radical (unpaired) electrons. The summed E-state index contributed by atoms with van der Waals surface area (Å²) in [7, 11) is 0. The number of carbonyl (C=O) groups is 1. The molecule has 3 rings (SSSR count). The summed E-state index contributed by atoms with van der Waals surface area (Å²) >= 11 is 0. The molecule has 1 amide bonds. The van der Waals surface area contributed by atoms with Gasteiger partial charge in [-0.05, 0) is 37.6 Å². The van der Waals surface area contributed by atoms with Gasteiger partial charge < -0.3 is 14.7 Å². The van der Waals surface area contributed by atoms with Crippen LogP contribution in [0.4, 0.5) is 0 Å². The molecule has 1 saturated heterocycles. The average Bonchev–Trinajstić information content (AvgIpc) is 3.12. The first-order valence-corrected chi connectivity index (χ1v) is 8.33. The number of hydrogen-bond acceptors (Lipinski definition) is 4. The van der Waals surface area contributed by atoms with Crippen LogP contribution in [-0.4, -0.2) is 35.1 Å². The minimum absolute atomic E-state index is 0.108. The van der Waals surface area contributed by atoms with Crippen LogP contribution in [0.1, 0.15) is 29.3 Å². The summed E-state index contributed by atoms with van der Waals surface area (Å²) in [5.74, 6) is 0.841. The zero-order valence-corrected chi connectivity index (χ0v) is 14.1. The molecule has 1 N–H and O–H groups in total. The summed E-state index contributed by atoms with van der Waals surface area (Å²) < 4.78 is 5.87. The van der Waals surface area contributed by atoms with Crippen molar-refractivity contribution in [3.05, 3.63) is 59.7 Å². The molecule has 5 nitrogen and oxygen atoms in total. The molecule has 1 heterocycles. The summed E-state index contributed by atoms with van der Waals surface area (Å²) in [6, 6.07) is 16.1. The Labute approximate surface area is 147 Å². The molecule has 128 valence electrons. The van der Waals surface area contributed by atoms with Crippen molar-refractivity contribution in [1.82, 2.24) is 4.90 Å². The zero-order chi connectivity index (χ0) is 17.8. The highest BCUT2D eigenvalue weighted by atomic mass is 16.5. The zero-order valence-electron chi connectivity index (χ0n) is 14.1. The molecule has 2 unspecified atom stereocenters. The van der Waals surface area contributed by atoms with E-state index in [0.29, 0.717) is 35.7 Å². The van der Waals surface area contributed by atoms with Crippen molar-refractivity contribution in [2.75, 3.05) is 13.1 Å². The fourth-order valence-electron chi connectivity index (χ4n) is 3.03. The van der Waals surface area contributed by atoms with Crippen LogP contribution in [0.5, 0.6) is 11.5 Å². The molecule has 1 aliphatic heterocycles. The number of aliphatic hydroxyl groups is 1. The smallest absolute Gasteiger partial charge is 0.257 e. The van der Waals surface area contributed by atoms with Gasteiger partial charge in [0.2, 0.25) is 0 Å². The van der Waals surface area contributed by atoms with Gasteiger partial charge in [-0.15, -0.1) is 0 Å². The number of benzene rings is 2. The van der Waals surface area contributed by atoms with E-state index in [9.17, 15) is 15.2 Å². The van der Waals surface area contributed by atoms with E-state index >= 15 is 0 Å². The second-order valence-electron chi connectivity index (χ2n) is 6.25. The Morgan fingerprint density at radius 2 is 1.92 bits per heavy atom. The van der Waals surface area contributed by atoms with Crippen molar-refractivity contribution in [3.63, 3.8) is 0 Å². The summed E-state index contributed by atoms with van der Waals surface area (Å²) in [6.07, 6.45) is 0.371. The number of ether oxygens (including phenoxy) is 1. The van der Waals surface area contributed by atoms with Gasteiger partial charge in [0, 0.05) is 19.0 Å². The van der Waals surface area contributed by atoms with Crippen LogP contribution < -0.4 is 4.74 Å². The molecule has 0 bridgehead atoms. The van der Waals surface area contributed by atoms with Crippen LogP contribution >= 0.6 is 0 Å². The molecule has 2 atom stereocenters. The van der Waals surface area contributed by atoms with Gasteiger partial charge in [0.05, 0.1) is 17.2 Å². The van der Waals surface area contributed by atoms with Crippen molar-refractivity contribution >= 4 is 5.91 Å². The van der Waals surface area contributed by atoms with Gasteiger partial charge in [-0.3, -0.25) is 4.79 Å². The average molecular weight is 336 g/mol. The molecule has 0 aliphatic carbocycles. The minimum Gasteiger partial charge on any atom is -0.455 e. The molecule has 2 aromatic rings. The van der Waals surface area contributed by atoms with E-state index in [1.807, 2.05) is 0 Å². The van der Waals surface area contributed by atoms with E-state index in [1.165, 1.54) is 0 Å². The SMILES string of the molecule is CC(O)C1CCN(C(=O)c2ccccc2Oc2ccccc2C#N)C1. The number of rotatable bonds is 4. The number of amides is 1. The Morgan fingerprint density at radius 3 is 2.60 bits per heavy atom. The van der Waals surface area contributed by atoms with E-state index in [4.69, 9.17) is 4.74 Å². The molecule has 0 spiro atoms. The highest BCUT2D eigenvalue weighted by Gasteiger charge is 2.30. The lowest BCUT2D eigenvalue weighted by atomic mass is 10.0. The van der Waals surface area contributed by atoms with Gasteiger partial charge in [-0.2, -0.15) is 5.26 Å². The van der Waals surface area contributed by atoms with E-state index in [1.54, 1.807) is 60.4 Å². The lowest BCUT2D eigenvalue weighted by molar-refractivity contribution is 0.0760. The van der Waals surface area contributed by atoms with Crippen molar-refractivity contribution in [1.29, 1.82) is 5.26 Å². The fourth-order valence-corrected chi connectivity index (χ4v) is 3.03. The quantitative estimate of drug-likeness (QED) is 0.930. The van der Waals surface area contributed by atoms with E-state index < -0.39 is 6.10 Å². The monoisotopic (exact) mass is 336 g/mol. The summed E-state index contributed by atoms with van der Waals surface area (Å²) in [4.78, 5) is 14.6. The molecule has 0 saturated carbocycles. The van der Waals surface area contributed by atoms with Crippen molar-refractivity contribution in [2.45, 2.75) is 19.4 Å². The lowest BCUT2D eigenvalue weighted by Gasteiger charge is -2.19. The van der Waals surface area contributed by atoms with Gasteiger partial charge >= 0.3 is 0 Å². The Morgan fingerprint density at radius 1 is 1.24 bits per heavy atom. The molecule has 2 aromatic carbocycles. The third-order valence-electron chi connectivity index (χ3n) is 4.54. The van der Waals surface area contributed by atoms with Crippen LogP contribution in [0.3, 0.4) is 0 Å². The highest BCUT2D eigenvalue weighted by Crippen LogP contribution is 2.30. The maximum Gasteiger partial charge on any atom is 0.257 e. The van der Waals surface area contributed by atoms with Gasteiger partial charge in [-0.25, -0.2) is 0 Å². The number of nitrogens with zero attached hydrogens (tertiary/aromatic N) is 2. The van der Waals surface area contributed by atoms with Crippen LogP contribution in [-0.2, 0) is 0 Å². The second-order valence-corrected chi connectivity index (χ2v) is 6.25. The number of aliphatic hydroxyl groups excluding tert-OH is 1. The van der Waals surface area contributed by atoms with Crippen LogP contribution in [0.2, 0.25) is 0 Å². The third-order valence-corrected chi connectivity index (χ3v) is 4.54. The molecular weight excluding hydrogens is 316 g/mol. The standard InChI is InChI=1S/C20H20N2O3/c1-14(23)16-10-11-22(13-16)20(24)17-7-3-5-9-19(17)25-18-8-4-2-6-15(18)12-21/h2-9,14,16,23H,10-11,13H2,1H3. The summed E-state index contributed by atoms with van der Waals surface area (Å²) in [6.45, 7) is 2.92. The number of para-hydroxylation sites is 2. The maximum atomic E-state index is 12.9.